The largest absolute Gasteiger partial charge is 0.486 e. The molecule has 0 heterocycles. The lowest BCUT2D eigenvalue weighted by Gasteiger charge is -2.15. The van der Waals surface area contributed by atoms with E-state index in [2.05, 4.69) is 15.9 Å². The molecule has 18 heavy (non-hydrogen) atoms. The molecule has 1 rings (SSSR count). The zero-order valence-corrected chi connectivity index (χ0v) is 11.3. The molecule has 0 aromatic heterocycles. The van der Waals surface area contributed by atoms with Crippen molar-refractivity contribution < 1.29 is 9.66 Å². The highest BCUT2D eigenvalue weighted by atomic mass is 79.9. The second kappa shape index (κ2) is 5.80. The van der Waals surface area contributed by atoms with E-state index in [1.54, 1.807) is 19.1 Å². The average molecular weight is 314 g/mol. The summed E-state index contributed by atoms with van der Waals surface area (Å²) in [6.45, 7) is 1.70. The van der Waals surface area contributed by atoms with Crippen molar-refractivity contribution in [2.75, 3.05) is 6.61 Å². The fraction of sp³-hybridized carbons (Fsp3) is 0.364. The Bertz CT molecular complexity index is 497. The van der Waals surface area contributed by atoms with Crippen LogP contribution in [0.5, 0.6) is 5.75 Å². The van der Waals surface area contributed by atoms with Gasteiger partial charge in [-0.15, -0.1) is 0 Å². The number of nitro groups is 1. The SMILES string of the molecule is CC(N)(C#N)CCOc1c(Br)cccc1[N+](=O)[O-]. The number of nitriles is 1. The molecule has 0 saturated carbocycles. The maximum atomic E-state index is 10.8. The van der Waals surface area contributed by atoms with Crippen LogP contribution in [0.4, 0.5) is 5.69 Å². The number of ether oxygens (including phenoxy) is 1. The maximum Gasteiger partial charge on any atom is 0.312 e. The van der Waals surface area contributed by atoms with Gasteiger partial charge in [0.25, 0.3) is 0 Å². The van der Waals surface area contributed by atoms with E-state index in [0.717, 1.165) is 0 Å². The molecule has 0 fully saturated rings. The fourth-order valence-electron chi connectivity index (χ4n) is 1.21. The summed E-state index contributed by atoms with van der Waals surface area (Å²) in [5.41, 5.74) is 4.50. The minimum absolute atomic E-state index is 0.125. The first-order chi connectivity index (χ1) is 8.37. The molecule has 0 spiro atoms. The molecule has 1 atom stereocenters. The molecule has 0 aliphatic carbocycles. The lowest BCUT2D eigenvalue weighted by Crippen LogP contribution is -2.35. The van der Waals surface area contributed by atoms with Crippen LogP contribution in [0.3, 0.4) is 0 Å². The van der Waals surface area contributed by atoms with Crippen molar-refractivity contribution in [2.45, 2.75) is 18.9 Å². The van der Waals surface area contributed by atoms with Gasteiger partial charge >= 0.3 is 5.69 Å². The predicted molar refractivity (Wildman–Crippen MR) is 69.1 cm³/mol. The van der Waals surface area contributed by atoms with Crippen LogP contribution in [0.25, 0.3) is 0 Å². The third kappa shape index (κ3) is 3.68. The van der Waals surface area contributed by atoms with Crippen LogP contribution in [0, 0.1) is 21.4 Å². The third-order valence-electron chi connectivity index (χ3n) is 2.27. The van der Waals surface area contributed by atoms with Crippen molar-refractivity contribution >= 4 is 21.6 Å². The molecule has 1 aromatic rings. The second-order valence-electron chi connectivity index (χ2n) is 3.97. The van der Waals surface area contributed by atoms with Crippen LogP contribution in [-0.2, 0) is 0 Å². The Labute approximate surface area is 113 Å². The van der Waals surface area contributed by atoms with Crippen LogP contribution in [0.2, 0.25) is 0 Å². The summed E-state index contributed by atoms with van der Waals surface area (Å²) in [5.74, 6) is 0.149. The highest BCUT2D eigenvalue weighted by Gasteiger charge is 2.21. The maximum absolute atomic E-state index is 10.8. The van der Waals surface area contributed by atoms with Gasteiger partial charge in [-0.25, -0.2) is 0 Å². The van der Waals surface area contributed by atoms with Crippen molar-refractivity contribution in [3.05, 3.63) is 32.8 Å². The molecular weight excluding hydrogens is 302 g/mol. The molecule has 0 aliphatic rings. The highest BCUT2D eigenvalue weighted by molar-refractivity contribution is 9.10. The zero-order chi connectivity index (χ0) is 13.8. The smallest absolute Gasteiger partial charge is 0.312 e. The van der Waals surface area contributed by atoms with Crippen molar-refractivity contribution in [3.63, 3.8) is 0 Å². The summed E-state index contributed by atoms with van der Waals surface area (Å²) < 4.78 is 5.84. The van der Waals surface area contributed by atoms with Gasteiger partial charge in [-0.1, -0.05) is 6.07 Å². The minimum atomic E-state index is -1.00. The monoisotopic (exact) mass is 313 g/mol. The number of benzene rings is 1. The Morgan fingerprint density at radius 2 is 2.33 bits per heavy atom. The Kier molecular flexibility index (Phi) is 4.64. The van der Waals surface area contributed by atoms with Crippen molar-refractivity contribution in [1.29, 1.82) is 5.26 Å². The number of rotatable bonds is 5. The van der Waals surface area contributed by atoms with E-state index in [1.807, 2.05) is 6.07 Å². The number of nitrogens with zero attached hydrogens (tertiary/aromatic N) is 2. The van der Waals surface area contributed by atoms with E-state index >= 15 is 0 Å². The normalized spacial score (nSPS) is 13.4. The van der Waals surface area contributed by atoms with Gasteiger partial charge in [-0.05, 0) is 28.9 Å². The summed E-state index contributed by atoms with van der Waals surface area (Å²) in [6.07, 6.45) is 0.280. The number of nitro benzene ring substituents is 1. The van der Waals surface area contributed by atoms with Gasteiger partial charge < -0.3 is 10.5 Å². The Balaban J connectivity index is 2.80. The molecule has 0 amide bonds. The molecule has 7 heteroatoms. The highest BCUT2D eigenvalue weighted by Crippen LogP contribution is 2.34. The molecule has 1 aromatic carbocycles. The topological polar surface area (TPSA) is 102 Å². The number of halogens is 1. The summed E-state index contributed by atoms with van der Waals surface area (Å²) in [7, 11) is 0. The first kappa shape index (κ1) is 14.4. The minimum Gasteiger partial charge on any atom is -0.486 e. The van der Waals surface area contributed by atoms with Gasteiger partial charge in [0, 0.05) is 12.5 Å². The lowest BCUT2D eigenvalue weighted by atomic mass is 10.0. The van der Waals surface area contributed by atoms with Gasteiger partial charge in [0.1, 0.15) is 5.54 Å². The molecule has 6 nitrogen and oxygen atoms in total. The predicted octanol–water partition coefficient (Wildman–Crippen LogP) is 2.37. The molecule has 0 radical (unpaired) electrons. The standard InChI is InChI=1S/C11H12BrN3O3/c1-11(14,7-13)5-6-18-10-8(12)3-2-4-9(10)15(16)17/h2-4H,5-6,14H2,1H3. The van der Waals surface area contributed by atoms with E-state index in [9.17, 15) is 10.1 Å². The van der Waals surface area contributed by atoms with E-state index in [4.69, 9.17) is 15.7 Å². The van der Waals surface area contributed by atoms with Crippen molar-refractivity contribution in [3.8, 4) is 11.8 Å². The van der Waals surface area contributed by atoms with Crippen LogP contribution < -0.4 is 10.5 Å². The van der Waals surface area contributed by atoms with E-state index in [-0.39, 0.29) is 24.5 Å². The number of hydrogen-bond donors (Lipinski definition) is 1. The van der Waals surface area contributed by atoms with Gasteiger partial charge in [-0.3, -0.25) is 10.1 Å². The lowest BCUT2D eigenvalue weighted by molar-refractivity contribution is -0.386. The first-order valence-corrected chi connectivity index (χ1v) is 5.92. The van der Waals surface area contributed by atoms with Gasteiger partial charge in [0.15, 0.2) is 0 Å². The fourth-order valence-corrected chi connectivity index (χ4v) is 1.68. The van der Waals surface area contributed by atoms with Crippen LogP contribution in [0.15, 0.2) is 22.7 Å². The molecule has 1 unspecified atom stereocenters. The number of nitrogens with two attached hydrogens (primary N) is 1. The Hall–Kier alpha value is -1.65. The van der Waals surface area contributed by atoms with E-state index < -0.39 is 10.5 Å². The number of hydrogen-bond acceptors (Lipinski definition) is 5. The van der Waals surface area contributed by atoms with Gasteiger partial charge in [-0.2, -0.15) is 5.26 Å². The average Bonchev–Trinajstić information content (AvgIpc) is 2.30. The third-order valence-corrected chi connectivity index (χ3v) is 2.89. The number of para-hydroxylation sites is 1. The summed E-state index contributed by atoms with van der Waals surface area (Å²) in [5, 5.41) is 19.6. The van der Waals surface area contributed by atoms with Crippen molar-refractivity contribution in [2.24, 2.45) is 5.73 Å². The summed E-state index contributed by atoms with van der Waals surface area (Å²) in [6, 6.07) is 6.49. The Morgan fingerprint density at radius 1 is 1.67 bits per heavy atom. The van der Waals surface area contributed by atoms with Crippen molar-refractivity contribution in [1.82, 2.24) is 0 Å². The van der Waals surface area contributed by atoms with Crippen LogP contribution in [0.1, 0.15) is 13.3 Å². The summed E-state index contributed by atoms with van der Waals surface area (Å²) >= 11 is 3.19. The van der Waals surface area contributed by atoms with E-state index in [1.165, 1.54) is 6.07 Å². The molecular formula is C11H12BrN3O3. The van der Waals surface area contributed by atoms with E-state index in [0.29, 0.717) is 4.47 Å². The molecule has 2 N–H and O–H groups in total. The van der Waals surface area contributed by atoms with Gasteiger partial charge in [0.05, 0.1) is 22.1 Å². The Morgan fingerprint density at radius 3 is 2.89 bits per heavy atom. The molecule has 0 bridgehead atoms. The molecule has 0 aliphatic heterocycles. The second-order valence-corrected chi connectivity index (χ2v) is 4.83. The zero-order valence-electron chi connectivity index (χ0n) is 9.72. The first-order valence-electron chi connectivity index (χ1n) is 5.13. The molecule has 96 valence electrons. The molecule has 0 saturated heterocycles. The van der Waals surface area contributed by atoms with Crippen LogP contribution >= 0.6 is 15.9 Å². The van der Waals surface area contributed by atoms with Gasteiger partial charge in [0.2, 0.25) is 5.75 Å². The summed E-state index contributed by atoms with van der Waals surface area (Å²) in [4.78, 5) is 10.3. The van der Waals surface area contributed by atoms with Crippen LogP contribution in [-0.4, -0.2) is 17.1 Å². The quantitative estimate of drug-likeness (QED) is 0.664.